The second-order valence-electron chi connectivity index (χ2n) is 4.23. The number of benzene rings is 2. The summed E-state index contributed by atoms with van der Waals surface area (Å²) in [4.78, 5) is 11.7. The Hall–Kier alpha value is -1.70. The standard InChI is InChI=1S/C14H11FO/c15-10-6-4-9-5-7-12-11(13(9)8-10)2-1-3-14(12)16/h4-8H,1-3H2. The maximum Gasteiger partial charge on any atom is 0.163 e. The topological polar surface area (TPSA) is 17.1 Å². The van der Waals surface area contributed by atoms with Gasteiger partial charge in [0.15, 0.2) is 5.78 Å². The number of hydrogen-bond donors (Lipinski definition) is 0. The van der Waals surface area contributed by atoms with Gasteiger partial charge >= 0.3 is 0 Å². The van der Waals surface area contributed by atoms with E-state index in [2.05, 4.69) is 0 Å². The quantitative estimate of drug-likeness (QED) is 0.656. The van der Waals surface area contributed by atoms with Crippen molar-refractivity contribution in [3.05, 3.63) is 47.3 Å². The average Bonchev–Trinajstić information content (AvgIpc) is 2.29. The first-order chi connectivity index (χ1) is 7.75. The van der Waals surface area contributed by atoms with E-state index in [0.717, 1.165) is 34.7 Å². The smallest absolute Gasteiger partial charge is 0.163 e. The molecular formula is C14H11FO. The first-order valence-electron chi connectivity index (χ1n) is 5.50. The molecule has 0 amide bonds. The fraction of sp³-hybridized carbons (Fsp3) is 0.214. The Kier molecular flexibility index (Phi) is 2.03. The summed E-state index contributed by atoms with van der Waals surface area (Å²) in [5.41, 5.74) is 1.80. The van der Waals surface area contributed by atoms with E-state index in [-0.39, 0.29) is 11.6 Å². The molecule has 1 aliphatic carbocycles. The van der Waals surface area contributed by atoms with Gasteiger partial charge in [-0.1, -0.05) is 18.2 Å². The average molecular weight is 214 g/mol. The molecule has 2 heteroatoms. The van der Waals surface area contributed by atoms with Crippen LogP contribution in [0.2, 0.25) is 0 Å². The van der Waals surface area contributed by atoms with Crippen molar-refractivity contribution in [1.82, 2.24) is 0 Å². The van der Waals surface area contributed by atoms with E-state index < -0.39 is 0 Å². The Bertz CT molecular complexity index is 587. The van der Waals surface area contributed by atoms with Gasteiger partial charge in [0.1, 0.15) is 5.82 Å². The maximum atomic E-state index is 13.2. The Morgan fingerprint density at radius 1 is 1.06 bits per heavy atom. The molecule has 80 valence electrons. The third kappa shape index (κ3) is 1.33. The van der Waals surface area contributed by atoms with E-state index in [9.17, 15) is 9.18 Å². The number of hydrogen-bond acceptors (Lipinski definition) is 1. The molecule has 0 saturated carbocycles. The zero-order valence-corrected chi connectivity index (χ0v) is 8.79. The van der Waals surface area contributed by atoms with Crippen molar-refractivity contribution in [2.75, 3.05) is 0 Å². The third-order valence-electron chi connectivity index (χ3n) is 3.23. The molecule has 0 unspecified atom stereocenters. The molecule has 0 saturated heterocycles. The van der Waals surface area contributed by atoms with E-state index in [1.165, 1.54) is 12.1 Å². The van der Waals surface area contributed by atoms with Crippen LogP contribution in [0.4, 0.5) is 4.39 Å². The summed E-state index contributed by atoms with van der Waals surface area (Å²) in [5.74, 6) is -0.0497. The maximum absolute atomic E-state index is 13.2. The summed E-state index contributed by atoms with van der Waals surface area (Å²) < 4.78 is 13.2. The number of Topliss-reactive ketones (excluding diaryl/α,β-unsaturated/α-hetero) is 1. The number of carbonyl (C=O) groups is 1. The molecule has 3 rings (SSSR count). The van der Waals surface area contributed by atoms with Crippen molar-refractivity contribution in [3.8, 4) is 0 Å². The van der Waals surface area contributed by atoms with E-state index >= 15 is 0 Å². The lowest BCUT2D eigenvalue weighted by molar-refractivity contribution is 0.0973. The molecule has 2 aromatic carbocycles. The summed E-state index contributed by atoms with van der Waals surface area (Å²) >= 11 is 0. The monoisotopic (exact) mass is 214 g/mol. The largest absolute Gasteiger partial charge is 0.294 e. The van der Waals surface area contributed by atoms with Crippen molar-refractivity contribution in [2.45, 2.75) is 19.3 Å². The number of carbonyl (C=O) groups excluding carboxylic acids is 1. The molecule has 0 bridgehead atoms. The number of rotatable bonds is 0. The first-order valence-corrected chi connectivity index (χ1v) is 5.50. The number of aryl methyl sites for hydroxylation is 1. The fourth-order valence-electron chi connectivity index (χ4n) is 2.44. The van der Waals surface area contributed by atoms with Gasteiger partial charge in [-0.3, -0.25) is 4.79 Å². The number of halogens is 1. The van der Waals surface area contributed by atoms with Crippen LogP contribution in [0.15, 0.2) is 30.3 Å². The van der Waals surface area contributed by atoms with Gasteiger partial charge in [-0.25, -0.2) is 4.39 Å². The molecular weight excluding hydrogens is 203 g/mol. The molecule has 0 atom stereocenters. The highest BCUT2D eigenvalue weighted by molar-refractivity contribution is 6.03. The lowest BCUT2D eigenvalue weighted by atomic mass is 9.87. The second-order valence-corrected chi connectivity index (χ2v) is 4.23. The van der Waals surface area contributed by atoms with E-state index in [1.54, 1.807) is 6.07 Å². The minimum Gasteiger partial charge on any atom is -0.294 e. The van der Waals surface area contributed by atoms with Crippen LogP contribution in [0.5, 0.6) is 0 Å². The normalized spacial score (nSPS) is 15.2. The highest BCUT2D eigenvalue weighted by Crippen LogP contribution is 2.29. The zero-order valence-electron chi connectivity index (χ0n) is 8.79. The minimum atomic E-state index is -0.237. The summed E-state index contributed by atoms with van der Waals surface area (Å²) in [7, 11) is 0. The van der Waals surface area contributed by atoms with Crippen LogP contribution in [0, 0.1) is 5.82 Å². The summed E-state index contributed by atoms with van der Waals surface area (Å²) in [5, 5.41) is 1.90. The molecule has 0 spiro atoms. The number of ketones is 1. The molecule has 0 aliphatic heterocycles. The van der Waals surface area contributed by atoms with Crippen LogP contribution in [-0.2, 0) is 6.42 Å². The predicted octanol–water partition coefficient (Wildman–Crippen LogP) is 3.50. The van der Waals surface area contributed by atoms with Crippen LogP contribution >= 0.6 is 0 Å². The third-order valence-corrected chi connectivity index (χ3v) is 3.23. The van der Waals surface area contributed by atoms with Gasteiger partial charge < -0.3 is 0 Å². The van der Waals surface area contributed by atoms with E-state index in [1.807, 2.05) is 12.1 Å². The molecule has 2 aromatic rings. The van der Waals surface area contributed by atoms with Crippen LogP contribution in [0.3, 0.4) is 0 Å². The Labute approximate surface area is 92.9 Å². The van der Waals surface area contributed by atoms with Crippen molar-refractivity contribution < 1.29 is 9.18 Å². The van der Waals surface area contributed by atoms with E-state index in [4.69, 9.17) is 0 Å². The highest BCUT2D eigenvalue weighted by atomic mass is 19.1. The Morgan fingerprint density at radius 2 is 1.88 bits per heavy atom. The van der Waals surface area contributed by atoms with Crippen molar-refractivity contribution in [2.24, 2.45) is 0 Å². The van der Waals surface area contributed by atoms with Gasteiger partial charge in [0.25, 0.3) is 0 Å². The molecule has 0 fully saturated rings. The SMILES string of the molecule is O=C1CCCc2c1ccc1ccc(F)cc21. The molecule has 0 aromatic heterocycles. The molecule has 1 aliphatic rings. The van der Waals surface area contributed by atoms with Crippen LogP contribution in [0.25, 0.3) is 10.8 Å². The molecule has 16 heavy (non-hydrogen) atoms. The van der Waals surface area contributed by atoms with Crippen molar-refractivity contribution in [3.63, 3.8) is 0 Å². The fourth-order valence-corrected chi connectivity index (χ4v) is 2.44. The zero-order chi connectivity index (χ0) is 11.1. The van der Waals surface area contributed by atoms with Crippen molar-refractivity contribution in [1.29, 1.82) is 0 Å². The summed E-state index contributed by atoms with van der Waals surface area (Å²) in [6.45, 7) is 0. The summed E-state index contributed by atoms with van der Waals surface area (Å²) in [6, 6.07) is 8.53. The molecule has 0 N–H and O–H groups in total. The van der Waals surface area contributed by atoms with E-state index in [0.29, 0.717) is 6.42 Å². The van der Waals surface area contributed by atoms with Gasteiger partial charge in [0.2, 0.25) is 0 Å². The van der Waals surface area contributed by atoms with Gasteiger partial charge in [0, 0.05) is 12.0 Å². The second kappa shape index (κ2) is 3.41. The van der Waals surface area contributed by atoms with Crippen LogP contribution in [0.1, 0.15) is 28.8 Å². The van der Waals surface area contributed by atoms with Crippen LogP contribution in [-0.4, -0.2) is 5.78 Å². The molecule has 0 heterocycles. The Morgan fingerprint density at radius 3 is 2.75 bits per heavy atom. The molecule has 0 radical (unpaired) electrons. The van der Waals surface area contributed by atoms with Gasteiger partial charge in [-0.05, 0) is 41.3 Å². The van der Waals surface area contributed by atoms with Crippen molar-refractivity contribution >= 4 is 16.6 Å². The highest BCUT2D eigenvalue weighted by Gasteiger charge is 2.18. The lowest BCUT2D eigenvalue weighted by Gasteiger charge is -2.16. The van der Waals surface area contributed by atoms with Gasteiger partial charge in [0.05, 0.1) is 0 Å². The lowest BCUT2D eigenvalue weighted by Crippen LogP contribution is -2.10. The first kappa shape index (κ1) is 9.52. The number of fused-ring (bicyclic) bond motifs is 3. The summed E-state index contributed by atoms with van der Waals surface area (Å²) in [6.07, 6.45) is 2.37. The predicted molar refractivity (Wildman–Crippen MR) is 61.2 cm³/mol. The van der Waals surface area contributed by atoms with Gasteiger partial charge in [-0.15, -0.1) is 0 Å². The Balaban J connectivity index is 2.37. The van der Waals surface area contributed by atoms with Gasteiger partial charge in [-0.2, -0.15) is 0 Å². The van der Waals surface area contributed by atoms with Crippen LogP contribution < -0.4 is 0 Å². The minimum absolute atomic E-state index is 0.187. The molecule has 1 nitrogen and oxygen atoms in total.